The highest BCUT2D eigenvalue weighted by molar-refractivity contribution is 7.35. The van der Waals surface area contributed by atoms with Crippen LogP contribution in [0.4, 0.5) is 0 Å². The number of hydrogen-bond acceptors (Lipinski definition) is 1. The van der Waals surface area contributed by atoms with Gasteiger partial charge in [-0.25, -0.2) is 0 Å². The SMILES string of the molecule is CCPN(CC)CC. The van der Waals surface area contributed by atoms with Crippen LogP contribution in [0.1, 0.15) is 20.8 Å². The maximum absolute atomic E-state index is 2.46. The Morgan fingerprint density at radius 3 is 1.75 bits per heavy atom. The van der Waals surface area contributed by atoms with Gasteiger partial charge in [-0.05, 0) is 19.3 Å². The molecule has 0 N–H and O–H groups in total. The van der Waals surface area contributed by atoms with Crippen LogP contribution in [-0.4, -0.2) is 23.9 Å². The van der Waals surface area contributed by atoms with Crippen molar-refractivity contribution in [1.82, 2.24) is 4.67 Å². The smallest absolute Gasteiger partial charge is 0.000998 e. The second kappa shape index (κ2) is 5.53. The number of hydrogen-bond donors (Lipinski definition) is 0. The Balaban J connectivity index is 3.07. The average molecular weight is 133 g/mol. The van der Waals surface area contributed by atoms with E-state index >= 15 is 0 Å². The standard InChI is InChI=1S/C6H16NP/c1-4-7(5-2)8-6-3/h8H,4-6H2,1-3H3. The largest absolute Gasteiger partial charge is 0.285 e. The molecule has 2 heteroatoms. The Morgan fingerprint density at radius 1 is 1.12 bits per heavy atom. The van der Waals surface area contributed by atoms with Crippen LogP contribution < -0.4 is 0 Å². The van der Waals surface area contributed by atoms with Crippen LogP contribution in [0.15, 0.2) is 0 Å². The Morgan fingerprint density at radius 2 is 1.62 bits per heavy atom. The number of rotatable bonds is 4. The van der Waals surface area contributed by atoms with E-state index < -0.39 is 0 Å². The fourth-order valence-corrected chi connectivity index (χ4v) is 1.57. The Bertz CT molecular complexity index is 43.8. The Kier molecular flexibility index (Phi) is 5.79. The van der Waals surface area contributed by atoms with Crippen LogP contribution in [0.3, 0.4) is 0 Å². The Hall–Kier alpha value is 0.390. The molecule has 8 heavy (non-hydrogen) atoms. The molecule has 0 bridgehead atoms. The maximum Gasteiger partial charge on any atom is -0.000998 e. The van der Waals surface area contributed by atoms with Crippen LogP contribution in [-0.2, 0) is 0 Å². The third-order valence-electron chi connectivity index (χ3n) is 1.15. The van der Waals surface area contributed by atoms with Gasteiger partial charge in [0.15, 0.2) is 0 Å². The summed E-state index contributed by atoms with van der Waals surface area (Å²) >= 11 is 0. The lowest BCUT2D eigenvalue weighted by Crippen LogP contribution is -2.11. The molecule has 1 nitrogen and oxygen atoms in total. The molecule has 0 rings (SSSR count). The van der Waals surface area contributed by atoms with Gasteiger partial charge < -0.3 is 0 Å². The van der Waals surface area contributed by atoms with Crippen molar-refractivity contribution in [1.29, 1.82) is 0 Å². The van der Waals surface area contributed by atoms with E-state index in [9.17, 15) is 0 Å². The van der Waals surface area contributed by atoms with Gasteiger partial charge in [0.1, 0.15) is 0 Å². The molecule has 0 saturated heterocycles. The van der Waals surface area contributed by atoms with Gasteiger partial charge >= 0.3 is 0 Å². The van der Waals surface area contributed by atoms with Crippen LogP contribution in [0, 0.1) is 0 Å². The average Bonchev–Trinajstić information content (AvgIpc) is 1.83. The second-order valence-corrected chi connectivity index (χ2v) is 3.34. The van der Waals surface area contributed by atoms with E-state index in [2.05, 4.69) is 25.4 Å². The molecule has 50 valence electrons. The molecule has 1 atom stereocenters. The first-order valence-electron chi connectivity index (χ1n) is 3.33. The molecule has 1 unspecified atom stereocenters. The van der Waals surface area contributed by atoms with Crippen LogP contribution in [0.5, 0.6) is 0 Å². The quantitative estimate of drug-likeness (QED) is 0.530. The summed E-state index contributed by atoms with van der Waals surface area (Å²) in [4.78, 5) is 0. The minimum absolute atomic E-state index is 1.04. The van der Waals surface area contributed by atoms with E-state index in [1.165, 1.54) is 19.3 Å². The molecule has 0 saturated carbocycles. The Labute approximate surface area is 54.3 Å². The van der Waals surface area contributed by atoms with Crippen molar-refractivity contribution in [3.05, 3.63) is 0 Å². The van der Waals surface area contributed by atoms with E-state index in [1.807, 2.05) is 0 Å². The van der Waals surface area contributed by atoms with E-state index in [0.717, 1.165) is 8.73 Å². The molecule has 0 aromatic rings. The fourth-order valence-electron chi connectivity index (χ4n) is 0.671. The van der Waals surface area contributed by atoms with Gasteiger partial charge in [0, 0.05) is 0 Å². The molecule has 0 heterocycles. The zero-order valence-electron chi connectivity index (χ0n) is 6.07. The van der Waals surface area contributed by atoms with Crippen molar-refractivity contribution in [3.63, 3.8) is 0 Å². The molecule has 0 aliphatic carbocycles. The van der Waals surface area contributed by atoms with Crippen LogP contribution in [0.25, 0.3) is 0 Å². The maximum atomic E-state index is 2.46. The normalized spacial score (nSPS) is 12.0. The molecule has 0 aromatic heterocycles. The molecule has 0 aromatic carbocycles. The lowest BCUT2D eigenvalue weighted by Gasteiger charge is -2.15. The van der Waals surface area contributed by atoms with E-state index in [-0.39, 0.29) is 0 Å². The topological polar surface area (TPSA) is 3.24 Å². The molecule has 0 amide bonds. The number of nitrogens with zero attached hydrogens (tertiary/aromatic N) is 1. The first-order chi connectivity index (χ1) is 3.85. The second-order valence-electron chi connectivity index (χ2n) is 1.68. The van der Waals surface area contributed by atoms with Gasteiger partial charge in [0.25, 0.3) is 0 Å². The van der Waals surface area contributed by atoms with Crippen LogP contribution >= 0.6 is 8.73 Å². The highest BCUT2D eigenvalue weighted by Crippen LogP contribution is 2.14. The summed E-state index contributed by atoms with van der Waals surface area (Å²) in [5, 5.41) is 0. The summed E-state index contributed by atoms with van der Waals surface area (Å²) in [7, 11) is 1.04. The summed E-state index contributed by atoms with van der Waals surface area (Å²) in [6.45, 7) is 9.08. The van der Waals surface area contributed by atoms with E-state index in [0.29, 0.717) is 0 Å². The van der Waals surface area contributed by atoms with Gasteiger partial charge in [0.05, 0.1) is 0 Å². The molecular formula is C6H16NP. The molecular weight excluding hydrogens is 117 g/mol. The van der Waals surface area contributed by atoms with E-state index in [4.69, 9.17) is 0 Å². The summed E-state index contributed by atoms with van der Waals surface area (Å²) in [5.41, 5.74) is 0. The molecule has 0 aliphatic rings. The first-order valence-corrected chi connectivity index (χ1v) is 4.49. The predicted molar refractivity (Wildman–Crippen MR) is 41.8 cm³/mol. The van der Waals surface area contributed by atoms with Gasteiger partial charge in [-0.1, -0.05) is 29.5 Å². The highest BCUT2D eigenvalue weighted by atomic mass is 31.1. The summed E-state index contributed by atoms with van der Waals surface area (Å²) in [6, 6.07) is 0. The summed E-state index contributed by atoms with van der Waals surface area (Å²) in [6.07, 6.45) is 1.31. The lowest BCUT2D eigenvalue weighted by atomic mass is 10.7. The third-order valence-corrected chi connectivity index (χ3v) is 2.54. The minimum Gasteiger partial charge on any atom is -0.285 e. The molecule has 0 radical (unpaired) electrons. The summed E-state index contributed by atoms with van der Waals surface area (Å²) in [5.74, 6) is 0. The van der Waals surface area contributed by atoms with Gasteiger partial charge in [-0.15, -0.1) is 0 Å². The molecule has 0 spiro atoms. The third kappa shape index (κ3) is 3.40. The molecule has 0 aliphatic heterocycles. The monoisotopic (exact) mass is 133 g/mol. The van der Waals surface area contributed by atoms with Crippen molar-refractivity contribution in [3.8, 4) is 0 Å². The van der Waals surface area contributed by atoms with Crippen LogP contribution in [0.2, 0.25) is 0 Å². The zero-order valence-corrected chi connectivity index (χ0v) is 7.07. The van der Waals surface area contributed by atoms with Crippen molar-refractivity contribution in [2.75, 3.05) is 19.3 Å². The van der Waals surface area contributed by atoms with Crippen molar-refractivity contribution in [2.45, 2.75) is 20.8 Å². The lowest BCUT2D eigenvalue weighted by molar-refractivity contribution is 0.516. The zero-order chi connectivity index (χ0) is 6.41. The van der Waals surface area contributed by atoms with Crippen molar-refractivity contribution < 1.29 is 0 Å². The predicted octanol–water partition coefficient (Wildman–Crippen LogP) is 1.94. The summed E-state index contributed by atoms with van der Waals surface area (Å²) < 4.78 is 2.46. The first kappa shape index (κ1) is 8.39. The van der Waals surface area contributed by atoms with Gasteiger partial charge in [0.2, 0.25) is 0 Å². The highest BCUT2D eigenvalue weighted by Gasteiger charge is 1.92. The van der Waals surface area contributed by atoms with Gasteiger partial charge in [-0.3, -0.25) is 4.67 Å². The fraction of sp³-hybridized carbons (Fsp3) is 1.00. The van der Waals surface area contributed by atoms with Crippen molar-refractivity contribution in [2.24, 2.45) is 0 Å². The molecule has 0 fully saturated rings. The van der Waals surface area contributed by atoms with E-state index in [1.54, 1.807) is 0 Å². The van der Waals surface area contributed by atoms with Gasteiger partial charge in [-0.2, -0.15) is 0 Å². The van der Waals surface area contributed by atoms with Crippen molar-refractivity contribution >= 4 is 8.73 Å². The minimum atomic E-state index is 1.04.